The van der Waals surface area contributed by atoms with Crippen LogP contribution in [0.25, 0.3) is 0 Å². The molecule has 132 valence electrons. The van der Waals surface area contributed by atoms with Crippen LogP contribution in [0.3, 0.4) is 0 Å². The van der Waals surface area contributed by atoms with E-state index in [1.165, 1.54) is 16.9 Å². The molecule has 4 nitrogen and oxygen atoms in total. The van der Waals surface area contributed by atoms with Crippen LogP contribution in [0, 0.1) is 5.41 Å². The fourth-order valence-corrected chi connectivity index (χ4v) is 5.14. The zero-order valence-corrected chi connectivity index (χ0v) is 15.4. The zero-order valence-electron chi connectivity index (χ0n) is 15.4. The molecule has 0 N–H and O–H groups in total. The second kappa shape index (κ2) is 4.77. The number of benzene rings is 2. The highest BCUT2D eigenvalue weighted by Gasteiger charge is 2.63. The predicted molar refractivity (Wildman–Crippen MR) is 108 cm³/mol. The smallest absolute Gasteiger partial charge is 0.162 e. The van der Waals surface area contributed by atoms with Gasteiger partial charge in [-0.1, -0.05) is 62.4 Å². The molecule has 0 bridgehead atoms. The maximum atomic E-state index is 4.70. The third-order valence-corrected chi connectivity index (χ3v) is 6.83. The van der Waals surface area contributed by atoms with E-state index < -0.39 is 0 Å². The molecule has 0 amide bonds. The van der Waals surface area contributed by atoms with Crippen molar-refractivity contribution in [2.45, 2.75) is 25.4 Å². The summed E-state index contributed by atoms with van der Waals surface area (Å²) in [7, 11) is 0. The van der Waals surface area contributed by atoms with Gasteiger partial charge < -0.3 is 9.80 Å². The number of allylic oxidation sites excluding steroid dienone is 1. The van der Waals surface area contributed by atoms with E-state index >= 15 is 0 Å². The van der Waals surface area contributed by atoms with Gasteiger partial charge in [0, 0.05) is 22.2 Å². The van der Waals surface area contributed by atoms with Crippen molar-refractivity contribution in [3.05, 3.63) is 84.8 Å². The molecule has 3 aliphatic rings. The Morgan fingerprint density at radius 1 is 0.852 bits per heavy atom. The Balaban J connectivity index is 1.69. The van der Waals surface area contributed by atoms with Crippen molar-refractivity contribution in [3.8, 4) is 0 Å². The first kappa shape index (κ1) is 15.0. The van der Waals surface area contributed by atoms with Gasteiger partial charge in [0.15, 0.2) is 5.82 Å². The maximum Gasteiger partial charge on any atom is 0.162 e. The van der Waals surface area contributed by atoms with Gasteiger partial charge in [0.1, 0.15) is 18.2 Å². The van der Waals surface area contributed by atoms with E-state index in [0.29, 0.717) is 0 Å². The molecule has 27 heavy (non-hydrogen) atoms. The summed E-state index contributed by atoms with van der Waals surface area (Å²) in [6.07, 6.45) is 8.45. The number of para-hydroxylation sites is 2. The van der Waals surface area contributed by atoms with Crippen molar-refractivity contribution in [2.75, 3.05) is 9.80 Å². The molecular formula is C23H20N4. The van der Waals surface area contributed by atoms with Crippen LogP contribution in [-0.4, -0.2) is 16.1 Å². The fourth-order valence-electron chi connectivity index (χ4n) is 5.14. The van der Waals surface area contributed by atoms with E-state index in [1.54, 1.807) is 6.33 Å². The minimum Gasteiger partial charge on any atom is -0.315 e. The van der Waals surface area contributed by atoms with E-state index in [2.05, 4.69) is 95.4 Å². The van der Waals surface area contributed by atoms with Gasteiger partial charge in [-0.05, 0) is 23.8 Å². The Morgan fingerprint density at radius 3 is 2.41 bits per heavy atom. The first-order valence-corrected chi connectivity index (χ1v) is 9.39. The largest absolute Gasteiger partial charge is 0.315 e. The van der Waals surface area contributed by atoms with Gasteiger partial charge >= 0.3 is 0 Å². The topological polar surface area (TPSA) is 32.3 Å². The molecule has 2 aromatic carbocycles. The lowest BCUT2D eigenvalue weighted by Crippen LogP contribution is -2.64. The molecule has 4 heteroatoms. The van der Waals surface area contributed by atoms with Crippen LogP contribution in [0.1, 0.15) is 19.4 Å². The zero-order chi connectivity index (χ0) is 18.2. The Hall–Kier alpha value is -3.14. The second-order valence-corrected chi connectivity index (χ2v) is 8.02. The number of aromatic nitrogens is 2. The molecule has 0 radical (unpaired) electrons. The van der Waals surface area contributed by atoms with Crippen LogP contribution in [0.15, 0.2) is 79.3 Å². The summed E-state index contributed by atoms with van der Waals surface area (Å²) >= 11 is 0. The van der Waals surface area contributed by atoms with Crippen molar-refractivity contribution in [1.29, 1.82) is 0 Å². The Labute approximate surface area is 158 Å². The molecule has 0 saturated heterocycles. The van der Waals surface area contributed by atoms with Crippen LogP contribution in [0.2, 0.25) is 0 Å². The minimum absolute atomic E-state index is 0.00668. The van der Waals surface area contributed by atoms with E-state index in [4.69, 9.17) is 4.98 Å². The molecule has 3 aromatic rings. The van der Waals surface area contributed by atoms with Crippen molar-refractivity contribution in [1.82, 2.24) is 9.97 Å². The normalized spacial score (nSPS) is 29.5. The molecule has 3 heterocycles. The number of hydrogen-bond donors (Lipinski definition) is 0. The molecule has 0 saturated carbocycles. The lowest BCUT2D eigenvalue weighted by Gasteiger charge is -2.61. The third kappa shape index (κ3) is 1.60. The Kier molecular flexibility index (Phi) is 2.64. The van der Waals surface area contributed by atoms with Gasteiger partial charge in [-0.15, -0.1) is 0 Å². The Morgan fingerprint density at radius 2 is 1.63 bits per heavy atom. The van der Waals surface area contributed by atoms with Crippen molar-refractivity contribution in [3.63, 3.8) is 0 Å². The van der Waals surface area contributed by atoms with E-state index in [9.17, 15) is 0 Å². The van der Waals surface area contributed by atoms with Crippen molar-refractivity contribution in [2.24, 2.45) is 5.41 Å². The summed E-state index contributed by atoms with van der Waals surface area (Å²) in [6.45, 7) is 4.73. The molecule has 1 aromatic heterocycles. The molecular weight excluding hydrogens is 332 g/mol. The van der Waals surface area contributed by atoms with Crippen LogP contribution in [-0.2, 0) is 5.41 Å². The van der Waals surface area contributed by atoms with Crippen molar-refractivity contribution < 1.29 is 0 Å². The monoisotopic (exact) mass is 352 g/mol. The highest BCUT2D eigenvalue weighted by molar-refractivity contribution is 5.89. The van der Waals surface area contributed by atoms with Gasteiger partial charge in [-0.2, -0.15) is 0 Å². The lowest BCUT2D eigenvalue weighted by molar-refractivity contribution is 0.174. The van der Waals surface area contributed by atoms with Crippen LogP contribution in [0.4, 0.5) is 22.9 Å². The minimum atomic E-state index is -0.0438. The standard InChI is InChI=1S/C23H20N4/c1-22-12-13-23(22,2)21-26(16-8-4-3-5-9-16)19-14-24-15-25-20(19)27(21)18-11-7-6-10-17(18)22/h3-15,21H,1-2H3. The molecule has 2 aliphatic heterocycles. The second-order valence-electron chi connectivity index (χ2n) is 8.02. The number of rotatable bonds is 1. The average Bonchev–Trinajstić information content (AvgIpc) is 3.07. The molecule has 0 fully saturated rings. The summed E-state index contributed by atoms with van der Waals surface area (Å²) in [5.74, 6) is 0.981. The lowest BCUT2D eigenvalue weighted by atomic mass is 9.51. The van der Waals surface area contributed by atoms with E-state index in [1.807, 2.05) is 6.20 Å². The molecule has 0 spiro atoms. The summed E-state index contributed by atoms with van der Waals surface area (Å²) in [5, 5.41) is 0. The number of hydrogen-bond acceptors (Lipinski definition) is 4. The highest BCUT2D eigenvalue weighted by Crippen LogP contribution is 2.66. The maximum absolute atomic E-state index is 4.70. The number of anilines is 4. The van der Waals surface area contributed by atoms with Gasteiger partial charge in [0.25, 0.3) is 0 Å². The van der Waals surface area contributed by atoms with Crippen LogP contribution in [0.5, 0.6) is 0 Å². The van der Waals surface area contributed by atoms with Crippen LogP contribution >= 0.6 is 0 Å². The highest BCUT2D eigenvalue weighted by atomic mass is 15.5. The molecule has 3 unspecified atom stereocenters. The third-order valence-electron chi connectivity index (χ3n) is 6.83. The van der Waals surface area contributed by atoms with Gasteiger partial charge in [-0.25, -0.2) is 9.97 Å². The summed E-state index contributed by atoms with van der Waals surface area (Å²) in [4.78, 5) is 13.9. The average molecular weight is 352 g/mol. The van der Waals surface area contributed by atoms with Gasteiger partial charge in [-0.3, -0.25) is 0 Å². The van der Waals surface area contributed by atoms with Crippen molar-refractivity contribution >= 4 is 22.9 Å². The van der Waals surface area contributed by atoms with Gasteiger partial charge in [0.05, 0.1) is 6.20 Å². The summed E-state index contributed by atoms with van der Waals surface area (Å²) in [6, 6.07) is 19.3. The molecule has 1 aliphatic carbocycles. The van der Waals surface area contributed by atoms with E-state index in [-0.39, 0.29) is 17.0 Å². The fraction of sp³-hybridized carbons (Fsp3) is 0.217. The Bertz CT molecular complexity index is 1090. The predicted octanol–water partition coefficient (Wildman–Crippen LogP) is 4.94. The first-order valence-electron chi connectivity index (χ1n) is 9.39. The first-order chi connectivity index (χ1) is 13.2. The van der Waals surface area contributed by atoms with Crippen LogP contribution < -0.4 is 9.80 Å². The summed E-state index contributed by atoms with van der Waals surface area (Å²) in [5.41, 5.74) is 4.79. The van der Waals surface area contributed by atoms with E-state index in [0.717, 1.165) is 11.5 Å². The number of nitrogens with zero attached hydrogens (tertiary/aromatic N) is 4. The SMILES string of the molecule is CC12C=CC1(C)C1N(c3ccccc3)c3cncnc3N1c1ccccc12. The molecule has 3 atom stereocenters. The number of fused-ring (bicyclic) bond motifs is 8. The quantitative estimate of drug-likeness (QED) is 0.581. The summed E-state index contributed by atoms with van der Waals surface area (Å²) < 4.78 is 0. The van der Waals surface area contributed by atoms with Gasteiger partial charge in [0.2, 0.25) is 0 Å². The molecule has 6 rings (SSSR count).